The Balaban J connectivity index is 2.97. The summed E-state index contributed by atoms with van der Waals surface area (Å²) in [5.41, 5.74) is 6.55. The number of aliphatic imine (C=N–C) groups is 1. The lowest BCUT2D eigenvalue weighted by atomic mass is 10.1. The third-order valence-corrected chi connectivity index (χ3v) is 2.03. The van der Waals surface area contributed by atoms with Crippen LogP contribution in [-0.2, 0) is 4.74 Å². The first-order chi connectivity index (χ1) is 7.91. The maximum atomic E-state index is 11.5. The normalized spacial score (nSPS) is 17.3. The van der Waals surface area contributed by atoms with Gasteiger partial charge in [0.1, 0.15) is 0 Å². The highest BCUT2D eigenvalue weighted by molar-refractivity contribution is 5.72. The Kier molecular flexibility index (Phi) is 4.14. The zero-order chi connectivity index (χ0) is 13.0. The van der Waals surface area contributed by atoms with Gasteiger partial charge in [0.15, 0.2) is 11.6 Å². The van der Waals surface area contributed by atoms with Crippen LogP contribution >= 0.6 is 0 Å². The Morgan fingerprint density at radius 3 is 2.65 bits per heavy atom. The number of nitrogens with zero attached hydrogens (tertiary/aromatic N) is 3. The van der Waals surface area contributed by atoms with E-state index in [1.807, 2.05) is 25.2 Å². The topological polar surface area (TPSA) is 71.2 Å². The SMILES string of the molecule is CN(C)C=C1CC=NC(N)=C1OC(=O)N(C)C. The Labute approximate surface area is 101 Å². The van der Waals surface area contributed by atoms with Crippen LogP contribution < -0.4 is 5.73 Å². The van der Waals surface area contributed by atoms with Crippen LogP contribution in [0.2, 0.25) is 0 Å². The van der Waals surface area contributed by atoms with E-state index in [4.69, 9.17) is 10.5 Å². The Hall–Kier alpha value is -1.98. The van der Waals surface area contributed by atoms with Crippen molar-refractivity contribution in [2.24, 2.45) is 10.7 Å². The average Bonchev–Trinajstić information content (AvgIpc) is 2.22. The fraction of sp³-hybridized carbons (Fsp3) is 0.455. The summed E-state index contributed by atoms with van der Waals surface area (Å²) in [6.45, 7) is 0. The summed E-state index contributed by atoms with van der Waals surface area (Å²) in [5, 5.41) is 0. The molecule has 0 radical (unpaired) electrons. The largest absolute Gasteiger partial charge is 0.414 e. The van der Waals surface area contributed by atoms with Crippen molar-refractivity contribution in [3.8, 4) is 0 Å². The van der Waals surface area contributed by atoms with Crippen molar-refractivity contribution in [2.75, 3.05) is 28.2 Å². The quantitative estimate of drug-likeness (QED) is 0.770. The average molecular weight is 238 g/mol. The molecule has 0 aromatic carbocycles. The molecule has 6 heteroatoms. The van der Waals surface area contributed by atoms with Gasteiger partial charge in [-0.05, 0) is 0 Å². The molecule has 1 aliphatic heterocycles. The first-order valence-corrected chi connectivity index (χ1v) is 5.20. The minimum atomic E-state index is -0.468. The van der Waals surface area contributed by atoms with E-state index in [9.17, 15) is 4.79 Å². The van der Waals surface area contributed by atoms with Gasteiger partial charge in [0, 0.05) is 52.6 Å². The first kappa shape index (κ1) is 13.1. The van der Waals surface area contributed by atoms with E-state index in [2.05, 4.69) is 4.99 Å². The highest BCUT2D eigenvalue weighted by Crippen LogP contribution is 2.22. The molecule has 1 heterocycles. The Bertz CT molecular complexity index is 394. The van der Waals surface area contributed by atoms with Crippen molar-refractivity contribution >= 4 is 12.3 Å². The monoisotopic (exact) mass is 238 g/mol. The van der Waals surface area contributed by atoms with Crippen LogP contribution in [0.4, 0.5) is 4.79 Å². The number of carbonyl (C=O) groups excluding carboxylic acids is 1. The highest BCUT2D eigenvalue weighted by atomic mass is 16.6. The second kappa shape index (κ2) is 5.38. The van der Waals surface area contributed by atoms with Crippen molar-refractivity contribution in [3.63, 3.8) is 0 Å². The zero-order valence-electron chi connectivity index (χ0n) is 10.6. The summed E-state index contributed by atoms with van der Waals surface area (Å²) in [4.78, 5) is 18.7. The maximum Gasteiger partial charge on any atom is 0.414 e. The predicted molar refractivity (Wildman–Crippen MR) is 66.3 cm³/mol. The predicted octanol–water partition coefficient (Wildman–Crippen LogP) is 0.732. The zero-order valence-corrected chi connectivity index (χ0v) is 10.6. The summed E-state index contributed by atoms with van der Waals surface area (Å²) in [6, 6.07) is 0. The third kappa shape index (κ3) is 3.51. The molecule has 0 saturated heterocycles. The molecule has 94 valence electrons. The van der Waals surface area contributed by atoms with Gasteiger partial charge in [-0.3, -0.25) is 0 Å². The summed E-state index contributed by atoms with van der Waals surface area (Å²) >= 11 is 0. The lowest BCUT2D eigenvalue weighted by Crippen LogP contribution is -2.25. The molecule has 0 aliphatic carbocycles. The van der Waals surface area contributed by atoms with Gasteiger partial charge in [-0.15, -0.1) is 0 Å². The lowest BCUT2D eigenvalue weighted by molar-refractivity contribution is 0.147. The minimum Gasteiger partial charge on any atom is -0.406 e. The summed E-state index contributed by atoms with van der Waals surface area (Å²) in [5.74, 6) is 0.555. The van der Waals surface area contributed by atoms with Crippen LogP contribution in [0.5, 0.6) is 0 Å². The van der Waals surface area contributed by atoms with E-state index in [1.165, 1.54) is 4.90 Å². The highest BCUT2D eigenvalue weighted by Gasteiger charge is 2.19. The Morgan fingerprint density at radius 2 is 2.12 bits per heavy atom. The molecule has 1 amide bonds. The van der Waals surface area contributed by atoms with Crippen LogP contribution in [0.15, 0.2) is 28.3 Å². The van der Waals surface area contributed by atoms with Gasteiger partial charge in [-0.25, -0.2) is 9.79 Å². The van der Waals surface area contributed by atoms with E-state index >= 15 is 0 Å². The van der Waals surface area contributed by atoms with E-state index < -0.39 is 6.09 Å². The molecule has 0 spiro atoms. The van der Waals surface area contributed by atoms with Gasteiger partial charge >= 0.3 is 6.09 Å². The summed E-state index contributed by atoms with van der Waals surface area (Å²) in [7, 11) is 7.00. The number of carbonyl (C=O) groups is 1. The molecular formula is C11H18N4O2. The van der Waals surface area contributed by atoms with Crippen molar-refractivity contribution in [1.82, 2.24) is 9.80 Å². The van der Waals surface area contributed by atoms with Gasteiger partial charge in [0.25, 0.3) is 0 Å². The smallest absolute Gasteiger partial charge is 0.406 e. The van der Waals surface area contributed by atoms with Gasteiger partial charge in [0.2, 0.25) is 0 Å². The van der Waals surface area contributed by atoms with Crippen LogP contribution in [0.3, 0.4) is 0 Å². The molecule has 2 N–H and O–H groups in total. The molecule has 6 nitrogen and oxygen atoms in total. The van der Waals surface area contributed by atoms with Crippen LogP contribution in [0.1, 0.15) is 6.42 Å². The fourth-order valence-electron chi connectivity index (χ4n) is 1.28. The minimum absolute atomic E-state index is 0.222. The molecule has 0 atom stereocenters. The lowest BCUT2D eigenvalue weighted by Gasteiger charge is -2.19. The van der Waals surface area contributed by atoms with E-state index in [0.29, 0.717) is 12.2 Å². The molecule has 0 saturated carbocycles. The van der Waals surface area contributed by atoms with Crippen LogP contribution in [-0.4, -0.2) is 50.3 Å². The number of nitrogens with two attached hydrogens (primary N) is 1. The number of ether oxygens (including phenoxy) is 1. The van der Waals surface area contributed by atoms with E-state index in [0.717, 1.165) is 5.57 Å². The summed E-state index contributed by atoms with van der Waals surface area (Å²) in [6.07, 6.45) is 3.67. The molecule has 0 unspecified atom stereocenters. The number of hydrogen-bond acceptors (Lipinski definition) is 5. The van der Waals surface area contributed by atoms with Gasteiger partial charge in [0.05, 0.1) is 0 Å². The number of rotatable bonds is 2. The van der Waals surface area contributed by atoms with E-state index in [1.54, 1.807) is 20.3 Å². The molecule has 1 aliphatic rings. The van der Waals surface area contributed by atoms with Crippen molar-refractivity contribution < 1.29 is 9.53 Å². The van der Waals surface area contributed by atoms with Crippen molar-refractivity contribution in [3.05, 3.63) is 23.4 Å². The second-order valence-corrected chi connectivity index (χ2v) is 4.11. The summed E-state index contributed by atoms with van der Waals surface area (Å²) < 4.78 is 5.21. The second-order valence-electron chi connectivity index (χ2n) is 4.11. The van der Waals surface area contributed by atoms with Gasteiger partial charge < -0.3 is 20.3 Å². The van der Waals surface area contributed by atoms with E-state index in [-0.39, 0.29) is 5.82 Å². The van der Waals surface area contributed by atoms with Crippen molar-refractivity contribution in [2.45, 2.75) is 6.42 Å². The number of hydrogen-bond donors (Lipinski definition) is 1. The molecule has 0 aromatic heterocycles. The molecule has 0 fully saturated rings. The van der Waals surface area contributed by atoms with Gasteiger partial charge in [-0.2, -0.15) is 0 Å². The third-order valence-electron chi connectivity index (χ3n) is 2.03. The van der Waals surface area contributed by atoms with Crippen LogP contribution in [0.25, 0.3) is 0 Å². The molecule has 17 heavy (non-hydrogen) atoms. The molecule has 0 aromatic rings. The molecule has 0 bridgehead atoms. The standard InChI is InChI=1S/C11H18N4O2/c1-14(2)7-8-5-6-13-10(12)9(8)17-11(16)15(3)4/h6-7H,5,12H2,1-4H3. The number of allylic oxidation sites excluding steroid dienone is 1. The number of amides is 1. The van der Waals surface area contributed by atoms with Gasteiger partial charge in [-0.1, -0.05) is 0 Å². The van der Waals surface area contributed by atoms with Crippen molar-refractivity contribution in [1.29, 1.82) is 0 Å². The molecule has 1 rings (SSSR count). The molecular weight excluding hydrogens is 220 g/mol. The first-order valence-electron chi connectivity index (χ1n) is 5.20. The fourth-order valence-corrected chi connectivity index (χ4v) is 1.28. The maximum absolute atomic E-state index is 11.5. The Morgan fingerprint density at radius 1 is 1.47 bits per heavy atom. The van der Waals surface area contributed by atoms with Crippen LogP contribution in [0, 0.1) is 0 Å².